The zero-order valence-electron chi connectivity index (χ0n) is 13.7. The summed E-state index contributed by atoms with van der Waals surface area (Å²) in [4.78, 5) is 23.7. The second-order valence-electron chi connectivity index (χ2n) is 5.71. The van der Waals surface area contributed by atoms with E-state index in [2.05, 4.69) is 16.0 Å². The summed E-state index contributed by atoms with van der Waals surface area (Å²) in [7, 11) is 0. The molecule has 2 aromatic carbocycles. The molecule has 2 aromatic rings. The first-order valence-corrected chi connectivity index (χ1v) is 7.88. The number of carbonyl (C=O) groups excluding carboxylic acids is 2. The molecule has 1 heterocycles. The molecule has 0 radical (unpaired) electrons. The van der Waals surface area contributed by atoms with Crippen LogP contribution >= 0.6 is 0 Å². The van der Waals surface area contributed by atoms with E-state index in [1.54, 1.807) is 18.2 Å². The third-order valence-electron chi connectivity index (χ3n) is 3.94. The van der Waals surface area contributed by atoms with Crippen LogP contribution < -0.4 is 20.7 Å². The van der Waals surface area contributed by atoms with Crippen molar-refractivity contribution in [2.24, 2.45) is 0 Å². The molecule has 0 bridgehead atoms. The van der Waals surface area contributed by atoms with Crippen molar-refractivity contribution in [3.05, 3.63) is 53.6 Å². The Bertz CT molecular complexity index is 807. The van der Waals surface area contributed by atoms with Gasteiger partial charge in [0.05, 0.1) is 24.0 Å². The van der Waals surface area contributed by atoms with E-state index in [0.29, 0.717) is 17.1 Å². The number of urea groups is 1. The molecule has 1 unspecified atom stereocenters. The van der Waals surface area contributed by atoms with E-state index in [-0.39, 0.29) is 19.1 Å². The molecule has 3 rings (SSSR count). The van der Waals surface area contributed by atoms with Crippen LogP contribution in [0.25, 0.3) is 0 Å². The average molecular weight is 341 g/mol. The molecule has 0 saturated heterocycles. The average Bonchev–Trinajstić information content (AvgIpc) is 2.60. The highest BCUT2D eigenvalue weighted by Crippen LogP contribution is 2.35. The molecule has 1 atom stereocenters. The van der Waals surface area contributed by atoms with Crippen molar-refractivity contribution in [2.45, 2.75) is 13.0 Å². The van der Waals surface area contributed by atoms with Crippen LogP contribution in [0.5, 0.6) is 5.75 Å². The second kappa shape index (κ2) is 7.23. The molecular weight excluding hydrogens is 322 g/mol. The fraction of sp³-hybridized carbons (Fsp3) is 0.222. The molecule has 0 saturated carbocycles. The third kappa shape index (κ3) is 3.72. The number of hydrogen-bond donors (Lipinski definition) is 4. The van der Waals surface area contributed by atoms with Gasteiger partial charge in [-0.05, 0) is 30.2 Å². The summed E-state index contributed by atoms with van der Waals surface area (Å²) in [6.45, 7) is 1.59. The highest BCUT2D eigenvalue weighted by molar-refractivity contribution is 5.99. The van der Waals surface area contributed by atoms with E-state index in [1.807, 2.05) is 31.2 Å². The van der Waals surface area contributed by atoms with Gasteiger partial charge < -0.3 is 25.8 Å². The Morgan fingerprint density at radius 1 is 1.28 bits per heavy atom. The summed E-state index contributed by atoms with van der Waals surface area (Å²) in [6.07, 6.45) is 0. The fourth-order valence-corrected chi connectivity index (χ4v) is 2.73. The van der Waals surface area contributed by atoms with Crippen LogP contribution in [0.4, 0.5) is 16.2 Å². The minimum atomic E-state index is -0.527. The number of para-hydroxylation sites is 1. The second-order valence-corrected chi connectivity index (χ2v) is 5.71. The number of carbonyl (C=O) groups is 2. The lowest BCUT2D eigenvalue weighted by molar-refractivity contribution is -0.118. The molecule has 130 valence electrons. The minimum Gasteiger partial charge on any atom is -0.479 e. The molecule has 0 aliphatic carbocycles. The van der Waals surface area contributed by atoms with Crippen molar-refractivity contribution in [3.8, 4) is 5.75 Å². The number of aryl methyl sites for hydroxylation is 1. The first kappa shape index (κ1) is 16.8. The lowest BCUT2D eigenvalue weighted by Crippen LogP contribution is -2.35. The lowest BCUT2D eigenvalue weighted by atomic mass is 10.0. The van der Waals surface area contributed by atoms with Crippen molar-refractivity contribution < 1.29 is 19.4 Å². The maximum atomic E-state index is 12.3. The van der Waals surface area contributed by atoms with Crippen LogP contribution in [0.15, 0.2) is 42.5 Å². The Labute approximate surface area is 145 Å². The molecule has 0 spiro atoms. The number of aliphatic hydroxyl groups is 1. The standard InChI is InChI=1S/C18H19N3O4/c1-11-5-2-3-6-12(11)15(9-22)21-18(24)20-14-8-4-7-13-17(14)25-10-16(23)19-13/h2-8,15,22H,9-10H2,1H3,(H,19,23)(H2,20,21,24). The summed E-state index contributed by atoms with van der Waals surface area (Å²) >= 11 is 0. The van der Waals surface area contributed by atoms with Gasteiger partial charge in [-0.2, -0.15) is 0 Å². The molecule has 1 aliphatic rings. The van der Waals surface area contributed by atoms with Gasteiger partial charge in [0.1, 0.15) is 0 Å². The molecule has 7 heteroatoms. The number of rotatable bonds is 4. The molecule has 3 amide bonds. The van der Waals surface area contributed by atoms with Crippen LogP contribution in [0, 0.1) is 6.92 Å². The number of aliphatic hydroxyl groups excluding tert-OH is 1. The third-order valence-corrected chi connectivity index (χ3v) is 3.94. The predicted octanol–water partition coefficient (Wildman–Crippen LogP) is 2.18. The van der Waals surface area contributed by atoms with Gasteiger partial charge in [0.25, 0.3) is 5.91 Å². The van der Waals surface area contributed by atoms with Gasteiger partial charge in [0.2, 0.25) is 0 Å². The molecule has 1 aliphatic heterocycles. The van der Waals surface area contributed by atoms with Crippen molar-refractivity contribution in [2.75, 3.05) is 23.8 Å². The van der Waals surface area contributed by atoms with Crippen LogP contribution in [0.2, 0.25) is 0 Å². The van der Waals surface area contributed by atoms with E-state index in [0.717, 1.165) is 11.1 Å². The first-order valence-electron chi connectivity index (χ1n) is 7.88. The van der Waals surface area contributed by atoms with E-state index >= 15 is 0 Å². The number of nitrogens with one attached hydrogen (secondary N) is 3. The molecule has 7 nitrogen and oxygen atoms in total. The first-order chi connectivity index (χ1) is 12.1. The van der Waals surface area contributed by atoms with Gasteiger partial charge in [-0.3, -0.25) is 4.79 Å². The zero-order valence-corrected chi connectivity index (χ0v) is 13.7. The van der Waals surface area contributed by atoms with Crippen molar-refractivity contribution in [1.82, 2.24) is 5.32 Å². The number of hydrogen-bond acceptors (Lipinski definition) is 4. The largest absolute Gasteiger partial charge is 0.479 e. The van der Waals surface area contributed by atoms with E-state index in [9.17, 15) is 14.7 Å². The van der Waals surface area contributed by atoms with E-state index in [1.165, 1.54) is 0 Å². The Hall–Kier alpha value is -3.06. The van der Waals surface area contributed by atoms with Crippen molar-refractivity contribution >= 4 is 23.3 Å². The normalized spacial score (nSPS) is 13.9. The number of fused-ring (bicyclic) bond motifs is 1. The molecular formula is C18H19N3O4. The summed E-state index contributed by atoms with van der Waals surface area (Å²) in [5.41, 5.74) is 2.77. The highest BCUT2D eigenvalue weighted by Gasteiger charge is 2.21. The van der Waals surface area contributed by atoms with Gasteiger partial charge in [0.15, 0.2) is 12.4 Å². The maximum Gasteiger partial charge on any atom is 0.319 e. The zero-order chi connectivity index (χ0) is 17.8. The monoisotopic (exact) mass is 341 g/mol. The van der Waals surface area contributed by atoms with Crippen LogP contribution in [-0.2, 0) is 4.79 Å². The number of amides is 3. The van der Waals surface area contributed by atoms with Crippen LogP contribution in [-0.4, -0.2) is 30.3 Å². The van der Waals surface area contributed by atoms with Gasteiger partial charge in [0, 0.05) is 0 Å². The van der Waals surface area contributed by atoms with Crippen LogP contribution in [0.1, 0.15) is 17.2 Å². The molecule has 4 N–H and O–H groups in total. The summed E-state index contributed by atoms with van der Waals surface area (Å²) in [5, 5.41) is 17.8. The molecule has 25 heavy (non-hydrogen) atoms. The molecule has 0 aromatic heterocycles. The summed E-state index contributed by atoms with van der Waals surface area (Å²) < 4.78 is 5.40. The highest BCUT2D eigenvalue weighted by atomic mass is 16.5. The van der Waals surface area contributed by atoms with E-state index in [4.69, 9.17) is 4.74 Å². The van der Waals surface area contributed by atoms with Crippen molar-refractivity contribution in [1.29, 1.82) is 0 Å². The number of anilines is 2. The minimum absolute atomic E-state index is 0.101. The van der Waals surface area contributed by atoms with E-state index < -0.39 is 12.1 Å². The van der Waals surface area contributed by atoms with Gasteiger partial charge in [-0.25, -0.2) is 4.79 Å². The Morgan fingerprint density at radius 3 is 2.84 bits per heavy atom. The lowest BCUT2D eigenvalue weighted by Gasteiger charge is -2.22. The fourth-order valence-electron chi connectivity index (χ4n) is 2.73. The quantitative estimate of drug-likeness (QED) is 0.685. The molecule has 0 fully saturated rings. The van der Waals surface area contributed by atoms with Gasteiger partial charge in [-0.15, -0.1) is 0 Å². The SMILES string of the molecule is Cc1ccccc1C(CO)NC(=O)Nc1cccc2c1OCC(=O)N2. The Kier molecular flexibility index (Phi) is 4.85. The number of benzene rings is 2. The Balaban J connectivity index is 1.74. The van der Waals surface area contributed by atoms with Gasteiger partial charge >= 0.3 is 6.03 Å². The topological polar surface area (TPSA) is 99.7 Å². The summed E-state index contributed by atoms with van der Waals surface area (Å²) in [6, 6.07) is 11.6. The maximum absolute atomic E-state index is 12.3. The Morgan fingerprint density at radius 2 is 2.08 bits per heavy atom. The number of ether oxygens (including phenoxy) is 1. The smallest absolute Gasteiger partial charge is 0.319 e. The predicted molar refractivity (Wildman–Crippen MR) is 93.7 cm³/mol. The van der Waals surface area contributed by atoms with Gasteiger partial charge in [-0.1, -0.05) is 30.3 Å². The summed E-state index contributed by atoms with van der Waals surface area (Å²) in [5.74, 6) is 0.169. The van der Waals surface area contributed by atoms with Crippen LogP contribution in [0.3, 0.4) is 0 Å². The van der Waals surface area contributed by atoms with Crippen molar-refractivity contribution in [3.63, 3.8) is 0 Å².